The molecule has 3 amide bonds. The van der Waals surface area contributed by atoms with Gasteiger partial charge in [-0.25, -0.2) is 4.79 Å². The molecule has 0 radical (unpaired) electrons. The van der Waals surface area contributed by atoms with Crippen molar-refractivity contribution in [1.29, 1.82) is 0 Å². The fraction of sp³-hybridized carbons (Fsp3) is 0.440. The molecular formula is C25H33N3O3S. The van der Waals surface area contributed by atoms with Crippen molar-refractivity contribution in [1.82, 2.24) is 15.1 Å². The minimum absolute atomic E-state index is 0.0150. The van der Waals surface area contributed by atoms with Gasteiger partial charge in [-0.1, -0.05) is 30.7 Å². The average Bonchev–Trinajstić information content (AvgIpc) is 3.25. The average molecular weight is 456 g/mol. The van der Waals surface area contributed by atoms with Crippen LogP contribution in [0.25, 0.3) is 0 Å². The van der Waals surface area contributed by atoms with Crippen molar-refractivity contribution in [3.8, 4) is 5.75 Å². The molecular weight excluding hydrogens is 422 g/mol. The molecule has 0 spiro atoms. The van der Waals surface area contributed by atoms with E-state index in [0.29, 0.717) is 26.2 Å². The third-order valence-corrected chi connectivity index (χ3v) is 6.63. The fourth-order valence-corrected chi connectivity index (χ4v) is 4.91. The molecule has 2 aromatic rings. The highest BCUT2D eigenvalue weighted by Crippen LogP contribution is 2.34. The van der Waals surface area contributed by atoms with E-state index in [1.807, 2.05) is 30.9 Å². The van der Waals surface area contributed by atoms with E-state index in [1.165, 1.54) is 15.3 Å². The van der Waals surface area contributed by atoms with Gasteiger partial charge in [0.05, 0.1) is 6.04 Å². The van der Waals surface area contributed by atoms with Crippen LogP contribution in [0.3, 0.4) is 0 Å². The van der Waals surface area contributed by atoms with Gasteiger partial charge in [0.15, 0.2) is 0 Å². The Hall–Kier alpha value is -2.80. The molecule has 0 saturated carbocycles. The number of thiophene rings is 1. The summed E-state index contributed by atoms with van der Waals surface area (Å²) in [5.41, 5.74) is 3.41. The van der Waals surface area contributed by atoms with E-state index in [4.69, 9.17) is 4.74 Å². The first kappa shape index (κ1) is 23.9. The first-order chi connectivity index (χ1) is 15.4. The Morgan fingerprint density at radius 2 is 2.16 bits per heavy atom. The summed E-state index contributed by atoms with van der Waals surface area (Å²) in [6, 6.07) is 7.78. The number of rotatable bonds is 9. The van der Waals surface area contributed by atoms with Crippen molar-refractivity contribution in [2.24, 2.45) is 0 Å². The van der Waals surface area contributed by atoms with Crippen molar-refractivity contribution < 1.29 is 14.3 Å². The molecule has 6 nitrogen and oxygen atoms in total. The number of carbonyl (C=O) groups excluding carboxylic acids is 2. The van der Waals surface area contributed by atoms with Gasteiger partial charge in [0.25, 0.3) is 0 Å². The number of hydrogen-bond donors (Lipinski definition) is 1. The third kappa shape index (κ3) is 5.71. The number of urea groups is 1. The number of amides is 3. The molecule has 1 aliphatic rings. The highest BCUT2D eigenvalue weighted by atomic mass is 32.1. The second kappa shape index (κ2) is 11.2. The molecule has 0 saturated heterocycles. The Labute approximate surface area is 194 Å². The van der Waals surface area contributed by atoms with Crippen LogP contribution in [0, 0.1) is 13.8 Å². The second-order valence-corrected chi connectivity index (χ2v) is 9.13. The molecule has 1 aromatic heterocycles. The van der Waals surface area contributed by atoms with Gasteiger partial charge in [-0.05, 0) is 55.3 Å². The largest absolute Gasteiger partial charge is 0.491 e. The topological polar surface area (TPSA) is 61.9 Å². The van der Waals surface area contributed by atoms with E-state index in [0.717, 1.165) is 29.7 Å². The summed E-state index contributed by atoms with van der Waals surface area (Å²) in [4.78, 5) is 30.5. The highest BCUT2D eigenvalue weighted by molar-refractivity contribution is 7.10. The standard InChI is InChI=1S/C25H33N3O3S/c1-5-11-26-25(30)27(12-6-2)16-24(29)28-13-9-23-20(10-14-32-23)21(28)17-31-22-8-7-18(3)15-19(22)4/h6-8,10,14-15,21H,2,5,9,11-13,16-17H2,1,3-4H3,(H,26,30)/t21-/m1/s1. The monoisotopic (exact) mass is 455 g/mol. The minimum atomic E-state index is -0.239. The fourth-order valence-electron chi connectivity index (χ4n) is 3.98. The predicted octanol–water partition coefficient (Wildman–Crippen LogP) is 4.48. The Kier molecular flexibility index (Phi) is 8.33. The molecule has 172 valence electrons. The van der Waals surface area contributed by atoms with Crippen LogP contribution in [0.2, 0.25) is 0 Å². The zero-order valence-electron chi connectivity index (χ0n) is 19.2. The minimum Gasteiger partial charge on any atom is -0.491 e. The van der Waals surface area contributed by atoms with Gasteiger partial charge in [-0.2, -0.15) is 0 Å². The quantitative estimate of drug-likeness (QED) is 0.567. The van der Waals surface area contributed by atoms with Crippen molar-refractivity contribution >= 4 is 23.3 Å². The lowest BCUT2D eigenvalue weighted by Crippen LogP contribution is -2.50. The molecule has 0 bridgehead atoms. The summed E-state index contributed by atoms with van der Waals surface area (Å²) in [6.07, 6.45) is 3.31. The summed E-state index contributed by atoms with van der Waals surface area (Å²) in [6.45, 7) is 11.7. The smallest absolute Gasteiger partial charge is 0.318 e. The number of aryl methyl sites for hydroxylation is 2. The molecule has 0 aliphatic carbocycles. The molecule has 3 rings (SSSR count). The zero-order valence-corrected chi connectivity index (χ0v) is 20.0. The summed E-state index contributed by atoms with van der Waals surface area (Å²) in [5, 5.41) is 4.93. The van der Waals surface area contributed by atoms with Gasteiger partial charge in [0.1, 0.15) is 18.9 Å². The third-order valence-electron chi connectivity index (χ3n) is 5.63. The van der Waals surface area contributed by atoms with Gasteiger partial charge < -0.3 is 19.9 Å². The molecule has 1 aliphatic heterocycles. The van der Waals surface area contributed by atoms with Gasteiger partial charge in [0.2, 0.25) is 5.91 Å². The Balaban J connectivity index is 1.76. The zero-order chi connectivity index (χ0) is 23.1. The van der Waals surface area contributed by atoms with Crippen LogP contribution < -0.4 is 10.1 Å². The first-order valence-corrected chi connectivity index (χ1v) is 12.0. The SMILES string of the molecule is C=CCN(CC(=O)N1CCc2sccc2[C@H]1COc1ccc(C)cc1C)C(=O)NCCC. The van der Waals surface area contributed by atoms with E-state index in [-0.39, 0.29) is 24.5 Å². The summed E-state index contributed by atoms with van der Waals surface area (Å²) in [7, 11) is 0. The van der Waals surface area contributed by atoms with E-state index in [9.17, 15) is 9.59 Å². The van der Waals surface area contributed by atoms with Crippen molar-refractivity contribution in [3.05, 3.63) is 63.9 Å². The Morgan fingerprint density at radius 1 is 1.34 bits per heavy atom. The number of carbonyl (C=O) groups is 2. The molecule has 0 unspecified atom stereocenters. The molecule has 1 N–H and O–H groups in total. The number of fused-ring (bicyclic) bond motifs is 1. The maximum Gasteiger partial charge on any atom is 0.318 e. The van der Waals surface area contributed by atoms with Crippen LogP contribution in [0.15, 0.2) is 42.3 Å². The maximum atomic E-state index is 13.3. The molecule has 7 heteroatoms. The van der Waals surface area contributed by atoms with E-state index < -0.39 is 0 Å². The summed E-state index contributed by atoms with van der Waals surface area (Å²) in [5.74, 6) is 0.752. The maximum absolute atomic E-state index is 13.3. The van der Waals surface area contributed by atoms with Crippen LogP contribution in [0.5, 0.6) is 5.75 Å². The number of ether oxygens (including phenoxy) is 1. The van der Waals surface area contributed by atoms with Crippen molar-refractivity contribution in [2.75, 3.05) is 32.8 Å². The molecule has 0 fully saturated rings. The molecule has 1 atom stereocenters. The van der Waals surface area contributed by atoms with Gasteiger partial charge >= 0.3 is 6.03 Å². The lowest BCUT2D eigenvalue weighted by atomic mass is 10.0. The van der Waals surface area contributed by atoms with Gasteiger partial charge in [-0.3, -0.25) is 4.79 Å². The van der Waals surface area contributed by atoms with Gasteiger partial charge in [0, 0.05) is 24.5 Å². The van der Waals surface area contributed by atoms with Gasteiger partial charge in [-0.15, -0.1) is 17.9 Å². The lowest BCUT2D eigenvalue weighted by molar-refractivity contribution is -0.135. The summed E-state index contributed by atoms with van der Waals surface area (Å²) >= 11 is 1.72. The second-order valence-electron chi connectivity index (χ2n) is 8.13. The number of hydrogen-bond acceptors (Lipinski definition) is 4. The normalized spacial score (nSPS) is 15.1. The Bertz CT molecular complexity index is 956. The number of nitrogens with one attached hydrogen (secondary N) is 1. The van der Waals surface area contributed by atoms with Crippen LogP contribution in [0.4, 0.5) is 4.79 Å². The van der Waals surface area contributed by atoms with Crippen molar-refractivity contribution in [3.63, 3.8) is 0 Å². The van der Waals surface area contributed by atoms with Crippen LogP contribution in [0.1, 0.15) is 41.0 Å². The van der Waals surface area contributed by atoms with Crippen LogP contribution >= 0.6 is 11.3 Å². The molecule has 2 heterocycles. The van der Waals surface area contributed by atoms with E-state index >= 15 is 0 Å². The Morgan fingerprint density at radius 3 is 2.88 bits per heavy atom. The van der Waals surface area contributed by atoms with E-state index in [2.05, 4.69) is 36.3 Å². The van der Waals surface area contributed by atoms with Crippen molar-refractivity contribution in [2.45, 2.75) is 39.7 Å². The summed E-state index contributed by atoms with van der Waals surface area (Å²) < 4.78 is 6.19. The van der Waals surface area contributed by atoms with E-state index in [1.54, 1.807) is 17.4 Å². The first-order valence-electron chi connectivity index (χ1n) is 11.1. The molecule has 1 aromatic carbocycles. The molecule has 32 heavy (non-hydrogen) atoms. The number of nitrogens with zero attached hydrogens (tertiary/aromatic N) is 2. The lowest BCUT2D eigenvalue weighted by Gasteiger charge is -2.37. The predicted molar refractivity (Wildman–Crippen MR) is 129 cm³/mol. The number of benzene rings is 1. The highest BCUT2D eigenvalue weighted by Gasteiger charge is 2.33. The van der Waals surface area contributed by atoms with Crippen LogP contribution in [-0.4, -0.2) is 54.5 Å². The van der Waals surface area contributed by atoms with Crippen LogP contribution in [-0.2, 0) is 11.2 Å².